The fraction of sp³-hybridized carbons (Fsp3) is 0.524. The molecule has 3 N–H and O–H groups in total. The van der Waals surface area contributed by atoms with Gasteiger partial charge in [0.1, 0.15) is 11.3 Å². The SMILES string of the molecule is C=CC(=O)N1CC[C@H](Nc2cnc3[nH]cc(C(=O)NCC4CC(F)(F)C4)c3n2)C(OC)C1. The largest absolute Gasteiger partial charge is 0.377 e. The maximum Gasteiger partial charge on any atom is 0.255 e. The summed E-state index contributed by atoms with van der Waals surface area (Å²) >= 11 is 0. The number of hydrogen-bond donors (Lipinski definition) is 3. The predicted molar refractivity (Wildman–Crippen MR) is 113 cm³/mol. The van der Waals surface area contributed by atoms with Crippen LogP contribution in [-0.4, -0.2) is 76.5 Å². The zero-order valence-electron chi connectivity index (χ0n) is 17.7. The van der Waals surface area contributed by atoms with Crippen LogP contribution in [0.3, 0.4) is 0 Å². The van der Waals surface area contributed by atoms with Crippen LogP contribution in [0.1, 0.15) is 29.6 Å². The smallest absolute Gasteiger partial charge is 0.255 e. The number of nitrogens with one attached hydrogen (secondary N) is 3. The van der Waals surface area contributed by atoms with Gasteiger partial charge in [-0.3, -0.25) is 9.59 Å². The van der Waals surface area contributed by atoms with Gasteiger partial charge in [0.15, 0.2) is 5.65 Å². The number of carbonyl (C=O) groups excluding carboxylic acids is 2. The number of fused-ring (bicyclic) bond motifs is 1. The number of methoxy groups -OCH3 is 1. The Morgan fingerprint density at radius 2 is 2.22 bits per heavy atom. The van der Waals surface area contributed by atoms with Crippen molar-refractivity contribution in [1.29, 1.82) is 0 Å². The Labute approximate surface area is 183 Å². The lowest BCUT2D eigenvalue weighted by Crippen LogP contribution is -2.52. The number of aromatic nitrogens is 3. The number of nitrogens with zero attached hydrogens (tertiary/aromatic N) is 3. The maximum atomic E-state index is 13.0. The van der Waals surface area contributed by atoms with Gasteiger partial charge in [-0.05, 0) is 18.4 Å². The lowest BCUT2D eigenvalue weighted by Gasteiger charge is -2.37. The highest BCUT2D eigenvalue weighted by Crippen LogP contribution is 2.41. The second-order valence-corrected chi connectivity index (χ2v) is 8.30. The molecule has 4 rings (SSSR count). The molecule has 32 heavy (non-hydrogen) atoms. The fourth-order valence-electron chi connectivity index (χ4n) is 4.24. The first-order valence-electron chi connectivity index (χ1n) is 10.5. The Balaban J connectivity index is 1.42. The van der Waals surface area contributed by atoms with Gasteiger partial charge in [-0.1, -0.05) is 6.58 Å². The van der Waals surface area contributed by atoms with Gasteiger partial charge in [-0.2, -0.15) is 0 Å². The summed E-state index contributed by atoms with van der Waals surface area (Å²) in [5, 5.41) is 6.00. The molecule has 1 aliphatic heterocycles. The standard InChI is InChI=1S/C21H26F2N6O3/c1-3-17(30)29-5-4-14(15(11-29)32-2)27-16-10-25-19-18(28-16)13(9-24-19)20(31)26-8-12-6-21(22,23)7-12/h3,9-10,12,14-15H,1,4-8,11H2,2H3,(H,24,25)(H,26,31)(H,27,28)/t14-,15?/m0/s1. The van der Waals surface area contributed by atoms with Crippen molar-refractivity contribution in [2.75, 3.05) is 32.1 Å². The highest BCUT2D eigenvalue weighted by Gasteiger charge is 2.45. The first-order valence-corrected chi connectivity index (χ1v) is 10.5. The number of hydrogen-bond acceptors (Lipinski definition) is 6. The van der Waals surface area contributed by atoms with Crippen LogP contribution in [0.2, 0.25) is 0 Å². The van der Waals surface area contributed by atoms with Crippen molar-refractivity contribution in [3.63, 3.8) is 0 Å². The second-order valence-electron chi connectivity index (χ2n) is 8.30. The predicted octanol–water partition coefficient (Wildman–Crippen LogP) is 1.95. The summed E-state index contributed by atoms with van der Waals surface area (Å²) in [6.45, 7) is 4.70. The lowest BCUT2D eigenvalue weighted by atomic mass is 9.81. The van der Waals surface area contributed by atoms with E-state index in [9.17, 15) is 18.4 Å². The van der Waals surface area contributed by atoms with Crippen LogP contribution in [0.25, 0.3) is 11.2 Å². The number of rotatable bonds is 7. The molecule has 11 heteroatoms. The molecule has 2 fully saturated rings. The van der Waals surface area contributed by atoms with Crippen molar-refractivity contribution in [2.24, 2.45) is 5.92 Å². The second kappa shape index (κ2) is 8.81. The fourth-order valence-corrected chi connectivity index (χ4v) is 4.24. The van der Waals surface area contributed by atoms with Crippen molar-refractivity contribution in [3.8, 4) is 0 Å². The molecular formula is C21H26F2N6O3. The molecule has 0 aromatic carbocycles. The zero-order valence-corrected chi connectivity index (χ0v) is 17.7. The minimum atomic E-state index is -2.61. The van der Waals surface area contributed by atoms with Crippen LogP contribution in [-0.2, 0) is 9.53 Å². The van der Waals surface area contributed by atoms with E-state index in [4.69, 9.17) is 4.74 Å². The van der Waals surface area contributed by atoms with E-state index >= 15 is 0 Å². The maximum absolute atomic E-state index is 13.0. The van der Waals surface area contributed by atoms with Gasteiger partial charge in [-0.25, -0.2) is 18.7 Å². The quantitative estimate of drug-likeness (QED) is 0.558. The summed E-state index contributed by atoms with van der Waals surface area (Å²) in [6.07, 6.45) is 4.35. The van der Waals surface area contributed by atoms with Gasteiger partial charge in [-0.15, -0.1) is 0 Å². The average molecular weight is 448 g/mol. The third kappa shape index (κ3) is 4.57. The molecule has 1 saturated heterocycles. The summed E-state index contributed by atoms with van der Waals surface area (Å²) in [5.41, 5.74) is 1.14. The van der Waals surface area contributed by atoms with Gasteiger partial charge >= 0.3 is 0 Å². The van der Waals surface area contributed by atoms with E-state index in [1.54, 1.807) is 18.2 Å². The number of ether oxygens (including phenoxy) is 1. The zero-order chi connectivity index (χ0) is 22.9. The number of likely N-dealkylation sites (tertiary alicyclic amines) is 1. The Morgan fingerprint density at radius 3 is 2.91 bits per heavy atom. The third-order valence-electron chi connectivity index (χ3n) is 6.03. The van der Waals surface area contributed by atoms with Gasteiger partial charge in [0, 0.05) is 45.8 Å². The van der Waals surface area contributed by atoms with E-state index in [2.05, 4.69) is 32.2 Å². The normalized spacial score (nSPS) is 22.9. The van der Waals surface area contributed by atoms with E-state index in [0.29, 0.717) is 42.1 Å². The van der Waals surface area contributed by atoms with Crippen LogP contribution >= 0.6 is 0 Å². The minimum Gasteiger partial charge on any atom is -0.377 e. The number of alkyl halides is 2. The van der Waals surface area contributed by atoms with Crippen molar-refractivity contribution in [1.82, 2.24) is 25.2 Å². The van der Waals surface area contributed by atoms with E-state index in [0.717, 1.165) is 0 Å². The molecule has 172 valence electrons. The van der Waals surface area contributed by atoms with Gasteiger partial charge in [0.05, 0.1) is 23.9 Å². The highest BCUT2D eigenvalue weighted by molar-refractivity contribution is 6.04. The summed E-state index contributed by atoms with van der Waals surface area (Å²) in [4.78, 5) is 37.9. The van der Waals surface area contributed by atoms with E-state index in [1.807, 2.05) is 0 Å². The molecule has 2 aromatic heterocycles. The summed E-state index contributed by atoms with van der Waals surface area (Å²) in [7, 11) is 1.59. The Morgan fingerprint density at radius 1 is 1.44 bits per heavy atom. The molecule has 2 aliphatic rings. The van der Waals surface area contributed by atoms with Crippen molar-refractivity contribution in [3.05, 3.63) is 30.6 Å². The molecule has 2 aromatic rings. The molecule has 0 spiro atoms. The molecule has 1 unspecified atom stereocenters. The van der Waals surface area contributed by atoms with Crippen LogP contribution in [0.4, 0.5) is 14.6 Å². The van der Waals surface area contributed by atoms with Crippen molar-refractivity contribution in [2.45, 2.75) is 37.3 Å². The number of piperidine rings is 1. The molecular weight excluding hydrogens is 422 g/mol. The Bertz CT molecular complexity index is 1020. The summed E-state index contributed by atoms with van der Waals surface area (Å²) < 4.78 is 31.5. The molecule has 2 atom stereocenters. The van der Waals surface area contributed by atoms with Crippen LogP contribution in [0.15, 0.2) is 25.0 Å². The van der Waals surface area contributed by atoms with Crippen LogP contribution < -0.4 is 10.6 Å². The molecule has 1 saturated carbocycles. The van der Waals surface area contributed by atoms with E-state index < -0.39 is 5.92 Å². The molecule has 9 nitrogen and oxygen atoms in total. The third-order valence-corrected chi connectivity index (χ3v) is 6.03. The number of halogens is 2. The van der Waals surface area contributed by atoms with Crippen LogP contribution in [0.5, 0.6) is 0 Å². The molecule has 0 radical (unpaired) electrons. The van der Waals surface area contributed by atoms with E-state index in [1.165, 1.54) is 12.3 Å². The van der Waals surface area contributed by atoms with Gasteiger partial charge < -0.3 is 25.3 Å². The highest BCUT2D eigenvalue weighted by atomic mass is 19.3. The first kappa shape index (κ1) is 22.1. The lowest BCUT2D eigenvalue weighted by molar-refractivity contribution is -0.129. The van der Waals surface area contributed by atoms with E-state index in [-0.39, 0.29) is 49.3 Å². The molecule has 0 bridgehead atoms. The summed E-state index contributed by atoms with van der Waals surface area (Å²) in [5.74, 6) is -2.88. The molecule has 3 heterocycles. The first-order chi connectivity index (χ1) is 15.3. The molecule has 1 aliphatic carbocycles. The Kier molecular flexibility index (Phi) is 6.09. The van der Waals surface area contributed by atoms with Gasteiger partial charge in [0.2, 0.25) is 11.8 Å². The van der Waals surface area contributed by atoms with Crippen LogP contribution in [0, 0.1) is 5.92 Å². The summed E-state index contributed by atoms with van der Waals surface area (Å²) in [6, 6.07) is -0.0999. The number of anilines is 1. The number of H-pyrrole nitrogens is 1. The van der Waals surface area contributed by atoms with Gasteiger partial charge in [0.25, 0.3) is 5.91 Å². The minimum absolute atomic E-state index is 0.0999. The number of aromatic amines is 1. The number of amides is 2. The van der Waals surface area contributed by atoms with Crippen molar-refractivity contribution < 1.29 is 23.1 Å². The van der Waals surface area contributed by atoms with Crippen molar-refractivity contribution >= 4 is 28.8 Å². The number of carbonyl (C=O) groups is 2. The average Bonchev–Trinajstić information content (AvgIpc) is 3.19. The monoisotopic (exact) mass is 448 g/mol. The Hall–Kier alpha value is -3.08. The topological polar surface area (TPSA) is 112 Å². The molecule has 2 amide bonds.